The molecule has 2 aliphatic rings. The highest BCUT2D eigenvalue weighted by Gasteiger charge is 2.31. The second kappa shape index (κ2) is 6.67. The molecule has 2 fully saturated rings. The summed E-state index contributed by atoms with van der Waals surface area (Å²) in [7, 11) is 0. The number of carbonyl (C=O) groups is 1. The van der Waals surface area contributed by atoms with Gasteiger partial charge in [-0.3, -0.25) is 4.79 Å². The smallest absolute Gasteiger partial charge is 0.142 e. The van der Waals surface area contributed by atoms with Crippen LogP contribution in [-0.4, -0.2) is 30.3 Å². The second-order valence-corrected chi connectivity index (χ2v) is 7.35. The molecule has 0 amide bonds. The first-order chi connectivity index (χ1) is 10.5. The molecule has 0 N–H and O–H groups in total. The summed E-state index contributed by atoms with van der Waals surface area (Å²) in [4.78, 5) is 14.5. The normalized spacial score (nSPS) is 19.5. The summed E-state index contributed by atoms with van der Waals surface area (Å²) in [6.07, 6.45) is 5.23. The van der Waals surface area contributed by atoms with Crippen molar-refractivity contribution < 1.29 is 9.18 Å². The highest BCUT2D eigenvalue weighted by atomic mass is 35.5. The summed E-state index contributed by atoms with van der Waals surface area (Å²) < 4.78 is 13.7. The number of halogens is 2. The van der Waals surface area contributed by atoms with Gasteiger partial charge >= 0.3 is 0 Å². The Morgan fingerprint density at radius 3 is 2.32 bits per heavy atom. The van der Waals surface area contributed by atoms with Gasteiger partial charge in [0.15, 0.2) is 0 Å². The van der Waals surface area contributed by atoms with Crippen molar-refractivity contribution in [2.75, 3.05) is 19.6 Å². The number of hydrogen-bond donors (Lipinski definition) is 0. The Hall–Kier alpha value is -0.930. The van der Waals surface area contributed by atoms with E-state index in [1.807, 2.05) is 0 Å². The van der Waals surface area contributed by atoms with Gasteiger partial charge in [0.25, 0.3) is 0 Å². The lowest BCUT2D eigenvalue weighted by Gasteiger charge is -2.27. The van der Waals surface area contributed by atoms with Crippen molar-refractivity contribution in [3.63, 3.8) is 0 Å². The molecule has 0 bridgehead atoms. The third-order valence-electron chi connectivity index (χ3n) is 4.70. The minimum absolute atomic E-state index is 0.0957. The molecule has 0 heterocycles. The van der Waals surface area contributed by atoms with Gasteiger partial charge in [0.05, 0.1) is 10.9 Å². The van der Waals surface area contributed by atoms with E-state index in [1.54, 1.807) is 19.1 Å². The summed E-state index contributed by atoms with van der Waals surface area (Å²) in [6.45, 7) is 4.46. The lowest BCUT2D eigenvalue weighted by molar-refractivity contribution is -0.118. The molecule has 0 spiro atoms. The Morgan fingerprint density at radius 2 is 1.86 bits per heavy atom. The summed E-state index contributed by atoms with van der Waals surface area (Å²) >= 11 is 5.75. The fourth-order valence-electron chi connectivity index (χ4n) is 3.01. The van der Waals surface area contributed by atoms with E-state index in [2.05, 4.69) is 4.90 Å². The van der Waals surface area contributed by atoms with E-state index in [0.29, 0.717) is 6.54 Å². The third kappa shape index (κ3) is 4.30. The summed E-state index contributed by atoms with van der Waals surface area (Å²) in [6, 6.07) is 4.75. The van der Waals surface area contributed by atoms with E-state index in [0.717, 1.165) is 30.5 Å². The van der Waals surface area contributed by atoms with Crippen molar-refractivity contribution in [3.05, 3.63) is 34.6 Å². The Morgan fingerprint density at radius 1 is 1.27 bits per heavy atom. The van der Waals surface area contributed by atoms with Crippen molar-refractivity contribution >= 4 is 17.4 Å². The first-order valence-corrected chi connectivity index (χ1v) is 8.58. The van der Waals surface area contributed by atoms with Crippen LogP contribution in [0.5, 0.6) is 0 Å². The van der Waals surface area contributed by atoms with Crippen LogP contribution >= 0.6 is 11.6 Å². The van der Waals surface area contributed by atoms with Crippen molar-refractivity contribution in [3.8, 4) is 0 Å². The predicted molar refractivity (Wildman–Crippen MR) is 86.7 cm³/mol. The third-order valence-corrected chi connectivity index (χ3v) is 5.01. The van der Waals surface area contributed by atoms with E-state index >= 15 is 0 Å². The fourth-order valence-corrected chi connectivity index (χ4v) is 3.13. The predicted octanol–water partition coefficient (Wildman–Crippen LogP) is 4.27. The number of rotatable bonds is 8. The molecule has 22 heavy (non-hydrogen) atoms. The van der Waals surface area contributed by atoms with Gasteiger partial charge in [-0.05, 0) is 62.1 Å². The number of ketones is 1. The minimum atomic E-state index is -0.443. The average molecular weight is 324 g/mol. The first-order valence-electron chi connectivity index (χ1n) is 8.20. The molecule has 0 saturated heterocycles. The zero-order valence-corrected chi connectivity index (χ0v) is 13.8. The van der Waals surface area contributed by atoms with E-state index < -0.39 is 5.82 Å². The number of hydrogen-bond acceptors (Lipinski definition) is 2. The minimum Gasteiger partial charge on any atom is -0.302 e. The standard InChI is InChI=1S/C18H23ClFNO/c1-12(22)16(15-6-7-17(19)18(20)8-15)11-21(9-13-2-3-13)10-14-4-5-14/h6-8,13-14,16H,2-5,9-11H2,1H3/t16-/m0/s1. The van der Waals surface area contributed by atoms with E-state index in [1.165, 1.54) is 31.7 Å². The molecule has 0 aliphatic heterocycles. The van der Waals surface area contributed by atoms with Crippen LogP contribution in [-0.2, 0) is 4.79 Å². The number of nitrogens with zero attached hydrogens (tertiary/aromatic N) is 1. The van der Waals surface area contributed by atoms with Crippen LogP contribution < -0.4 is 0 Å². The Balaban J connectivity index is 1.72. The van der Waals surface area contributed by atoms with Crippen LogP contribution in [0, 0.1) is 17.7 Å². The van der Waals surface area contributed by atoms with E-state index in [-0.39, 0.29) is 16.7 Å². The van der Waals surface area contributed by atoms with Gasteiger partial charge in [-0.25, -0.2) is 4.39 Å². The van der Waals surface area contributed by atoms with Crippen LogP contribution in [0.3, 0.4) is 0 Å². The van der Waals surface area contributed by atoms with Crippen LogP contribution in [0.15, 0.2) is 18.2 Å². The van der Waals surface area contributed by atoms with E-state index in [4.69, 9.17) is 11.6 Å². The summed E-state index contributed by atoms with van der Waals surface area (Å²) in [5.74, 6) is 0.991. The molecular formula is C18H23ClFNO. The number of Topliss-reactive ketones (excluding diaryl/α,β-unsaturated/α-hetero) is 1. The molecular weight excluding hydrogens is 301 g/mol. The lowest BCUT2D eigenvalue weighted by Crippen LogP contribution is -2.34. The SMILES string of the molecule is CC(=O)[C@H](CN(CC1CC1)CC1CC1)c1ccc(Cl)c(F)c1. The van der Waals surface area contributed by atoms with Crippen LogP contribution in [0.25, 0.3) is 0 Å². The monoisotopic (exact) mass is 323 g/mol. The number of benzene rings is 1. The van der Waals surface area contributed by atoms with Gasteiger partial charge < -0.3 is 4.90 Å². The van der Waals surface area contributed by atoms with Crippen LogP contribution in [0.2, 0.25) is 5.02 Å². The Labute approximate surface area is 136 Å². The molecule has 1 aromatic rings. The fraction of sp³-hybridized carbons (Fsp3) is 0.611. The molecule has 2 nitrogen and oxygen atoms in total. The molecule has 2 aliphatic carbocycles. The van der Waals surface area contributed by atoms with Gasteiger partial charge in [0, 0.05) is 19.6 Å². The molecule has 0 aromatic heterocycles. The molecule has 4 heteroatoms. The van der Waals surface area contributed by atoms with Crippen LogP contribution in [0.4, 0.5) is 4.39 Å². The molecule has 3 rings (SSSR count). The van der Waals surface area contributed by atoms with Gasteiger partial charge in [0.1, 0.15) is 11.6 Å². The zero-order valence-electron chi connectivity index (χ0n) is 13.0. The first kappa shape index (κ1) is 15.9. The molecule has 0 unspecified atom stereocenters. The highest BCUT2D eigenvalue weighted by Crippen LogP contribution is 2.35. The maximum Gasteiger partial charge on any atom is 0.142 e. The topological polar surface area (TPSA) is 20.3 Å². The Kier molecular flexibility index (Phi) is 4.84. The number of carbonyl (C=O) groups excluding carboxylic acids is 1. The zero-order chi connectivity index (χ0) is 15.7. The summed E-state index contributed by atoms with van der Waals surface area (Å²) in [5, 5.41) is 0.110. The van der Waals surface area contributed by atoms with Crippen molar-refractivity contribution in [1.29, 1.82) is 0 Å². The lowest BCUT2D eigenvalue weighted by atomic mass is 9.94. The largest absolute Gasteiger partial charge is 0.302 e. The average Bonchev–Trinajstić information content (AvgIpc) is 3.35. The van der Waals surface area contributed by atoms with E-state index in [9.17, 15) is 9.18 Å². The van der Waals surface area contributed by atoms with Crippen molar-refractivity contribution in [2.24, 2.45) is 11.8 Å². The van der Waals surface area contributed by atoms with Gasteiger partial charge in [0.2, 0.25) is 0 Å². The summed E-state index contributed by atoms with van der Waals surface area (Å²) in [5.41, 5.74) is 0.742. The maximum atomic E-state index is 13.7. The van der Waals surface area contributed by atoms with Crippen molar-refractivity contribution in [2.45, 2.75) is 38.5 Å². The molecule has 1 atom stereocenters. The molecule has 120 valence electrons. The van der Waals surface area contributed by atoms with Crippen LogP contribution in [0.1, 0.15) is 44.1 Å². The highest BCUT2D eigenvalue weighted by molar-refractivity contribution is 6.30. The molecule has 0 radical (unpaired) electrons. The Bertz CT molecular complexity index is 540. The van der Waals surface area contributed by atoms with Gasteiger partial charge in [-0.15, -0.1) is 0 Å². The maximum absolute atomic E-state index is 13.7. The molecule has 2 saturated carbocycles. The van der Waals surface area contributed by atoms with Gasteiger partial charge in [-0.1, -0.05) is 17.7 Å². The second-order valence-electron chi connectivity index (χ2n) is 6.94. The van der Waals surface area contributed by atoms with Crippen molar-refractivity contribution in [1.82, 2.24) is 4.90 Å². The van der Waals surface area contributed by atoms with Gasteiger partial charge in [-0.2, -0.15) is 0 Å². The molecule has 1 aromatic carbocycles. The quantitative estimate of drug-likeness (QED) is 0.712.